The van der Waals surface area contributed by atoms with E-state index in [2.05, 4.69) is 0 Å². The van der Waals surface area contributed by atoms with Crippen molar-refractivity contribution in [1.82, 2.24) is 0 Å². The number of methoxy groups -OCH3 is 3. The van der Waals surface area contributed by atoms with Crippen molar-refractivity contribution in [2.45, 2.75) is 6.92 Å². The van der Waals surface area contributed by atoms with E-state index in [-0.39, 0.29) is 30.3 Å². The van der Waals surface area contributed by atoms with Crippen LogP contribution in [-0.4, -0.2) is 51.8 Å². The second-order valence-corrected chi connectivity index (χ2v) is 7.01. The largest absolute Gasteiger partial charge is 0.493 e. The Morgan fingerprint density at radius 2 is 1.70 bits per heavy atom. The molecule has 1 N–H and O–H groups in total. The quantitative estimate of drug-likeness (QED) is 0.527. The Labute approximate surface area is 189 Å². The standard InChI is InChI=1S/C24H22O9/c1-5-31-24(27)20-14(23(25)26)8-13-10-17(28-2)21(29-3)22(30-4)19(13)18(20)12-6-7-15-16(9-12)33-11-32-15/h6-10H,5,11H2,1-4H3,(H,25,26). The molecule has 0 saturated heterocycles. The maximum atomic E-state index is 13.1. The van der Waals surface area contributed by atoms with E-state index < -0.39 is 11.9 Å². The van der Waals surface area contributed by atoms with Gasteiger partial charge >= 0.3 is 11.9 Å². The van der Waals surface area contributed by atoms with Crippen molar-refractivity contribution in [2.75, 3.05) is 34.7 Å². The van der Waals surface area contributed by atoms with Gasteiger partial charge in [0, 0.05) is 10.9 Å². The predicted molar refractivity (Wildman–Crippen MR) is 118 cm³/mol. The summed E-state index contributed by atoms with van der Waals surface area (Å²) in [6, 6.07) is 8.12. The van der Waals surface area contributed by atoms with E-state index in [1.807, 2.05) is 0 Å². The topological polar surface area (TPSA) is 110 Å². The number of fused-ring (bicyclic) bond motifs is 2. The van der Waals surface area contributed by atoms with Gasteiger partial charge < -0.3 is 33.5 Å². The molecular formula is C24H22O9. The number of esters is 1. The van der Waals surface area contributed by atoms with Crippen molar-refractivity contribution in [3.63, 3.8) is 0 Å². The molecule has 3 aromatic rings. The first-order valence-electron chi connectivity index (χ1n) is 10.0. The van der Waals surface area contributed by atoms with Gasteiger partial charge in [-0.05, 0) is 42.1 Å². The van der Waals surface area contributed by atoms with E-state index in [4.69, 9.17) is 28.4 Å². The highest BCUT2D eigenvalue weighted by Gasteiger charge is 2.30. The lowest BCUT2D eigenvalue weighted by molar-refractivity contribution is 0.0515. The molecule has 3 aromatic carbocycles. The van der Waals surface area contributed by atoms with Gasteiger partial charge in [0.15, 0.2) is 23.0 Å². The summed E-state index contributed by atoms with van der Waals surface area (Å²) >= 11 is 0. The van der Waals surface area contributed by atoms with Gasteiger partial charge in [-0.1, -0.05) is 6.07 Å². The third-order valence-corrected chi connectivity index (χ3v) is 5.30. The number of carboxylic acids is 1. The summed E-state index contributed by atoms with van der Waals surface area (Å²) in [5.41, 5.74) is 0.490. The van der Waals surface area contributed by atoms with E-state index in [9.17, 15) is 14.7 Å². The average molecular weight is 454 g/mol. The SMILES string of the molecule is CCOC(=O)c1c(C(=O)O)cc2cc(OC)c(OC)c(OC)c2c1-c1ccc2c(c1)OCO2. The molecule has 0 aliphatic carbocycles. The number of carbonyl (C=O) groups excluding carboxylic acids is 1. The minimum atomic E-state index is -1.28. The van der Waals surface area contributed by atoms with Gasteiger partial charge in [0.25, 0.3) is 0 Å². The van der Waals surface area contributed by atoms with Crippen LogP contribution in [0.1, 0.15) is 27.6 Å². The molecule has 1 heterocycles. The Morgan fingerprint density at radius 1 is 0.970 bits per heavy atom. The molecule has 1 aliphatic heterocycles. The monoisotopic (exact) mass is 454 g/mol. The molecule has 4 rings (SSSR count). The van der Waals surface area contributed by atoms with Crippen molar-refractivity contribution in [2.24, 2.45) is 0 Å². The van der Waals surface area contributed by atoms with Crippen molar-refractivity contribution in [3.05, 3.63) is 41.5 Å². The molecule has 0 saturated carbocycles. The minimum absolute atomic E-state index is 0.0633. The van der Waals surface area contributed by atoms with Crippen LogP contribution in [0, 0.1) is 0 Å². The zero-order valence-corrected chi connectivity index (χ0v) is 18.5. The fourth-order valence-electron chi connectivity index (χ4n) is 3.96. The highest BCUT2D eigenvalue weighted by Crippen LogP contribution is 2.49. The number of carbonyl (C=O) groups is 2. The van der Waals surface area contributed by atoms with Gasteiger partial charge in [0.05, 0.1) is 39.1 Å². The maximum Gasteiger partial charge on any atom is 0.339 e. The van der Waals surface area contributed by atoms with Crippen LogP contribution in [0.3, 0.4) is 0 Å². The molecule has 0 amide bonds. The van der Waals surface area contributed by atoms with E-state index in [0.717, 1.165) is 0 Å². The van der Waals surface area contributed by atoms with E-state index in [1.165, 1.54) is 27.4 Å². The molecule has 0 aromatic heterocycles. The summed E-state index contributed by atoms with van der Waals surface area (Å²) in [7, 11) is 4.38. The summed E-state index contributed by atoms with van der Waals surface area (Å²) in [6.45, 7) is 1.78. The summed E-state index contributed by atoms with van der Waals surface area (Å²) in [5.74, 6) is -0.123. The summed E-state index contributed by atoms with van der Waals surface area (Å²) in [5, 5.41) is 10.9. The lowest BCUT2D eigenvalue weighted by Gasteiger charge is -2.20. The third kappa shape index (κ3) is 3.61. The van der Waals surface area contributed by atoms with Gasteiger partial charge in [-0.25, -0.2) is 9.59 Å². The third-order valence-electron chi connectivity index (χ3n) is 5.30. The fraction of sp³-hybridized carbons (Fsp3) is 0.250. The molecule has 172 valence electrons. The lowest BCUT2D eigenvalue weighted by atomic mass is 9.88. The van der Waals surface area contributed by atoms with Gasteiger partial charge in [-0.15, -0.1) is 0 Å². The molecule has 0 unspecified atom stereocenters. The Balaban J connectivity index is 2.22. The highest BCUT2D eigenvalue weighted by molar-refractivity contribution is 6.17. The van der Waals surface area contributed by atoms with Crippen LogP contribution in [0.2, 0.25) is 0 Å². The van der Waals surface area contributed by atoms with Crippen molar-refractivity contribution >= 4 is 22.7 Å². The molecule has 9 heteroatoms. The van der Waals surface area contributed by atoms with Crippen molar-refractivity contribution < 1.29 is 43.1 Å². The zero-order valence-electron chi connectivity index (χ0n) is 18.5. The van der Waals surface area contributed by atoms with Gasteiger partial charge in [-0.2, -0.15) is 0 Å². The zero-order chi connectivity index (χ0) is 23.7. The van der Waals surface area contributed by atoms with Gasteiger partial charge in [0.1, 0.15) is 0 Å². The number of carboxylic acid groups (broad SMARTS) is 1. The summed E-state index contributed by atoms with van der Waals surface area (Å²) in [6.07, 6.45) is 0. The average Bonchev–Trinajstić information content (AvgIpc) is 3.29. The number of aromatic carboxylic acids is 1. The van der Waals surface area contributed by atoms with Crippen LogP contribution in [0.25, 0.3) is 21.9 Å². The molecule has 9 nitrogen and oxygen atoms in total. The number of benzene rings is 3. The van der Waals surface area contributed by atoms with Crippen LogP contribution in [0.15, 0.2) is 30.3 Å². The summed E-state index contributed by atoms with van der Waals surface area (Å²) < 4.78 is 32.8. The normalized spacial score (nSPS) is 11.9. The second kappa shape index (κ2) is 8.78. The van der Waals surface area contributed by atoms with Crippen molar-refractivity contribution in [3.8, 4) is 39.9 Å². The van der Waals surface area contributed by atoms with Crippen molar-refractivity contribution in [1.29, 1.82) is 0 Å². The number of rotatable bonds is 7. The van der Waals surface area contributed by atoms with Crippen LogP contribution in [0.4, 0.5) is 0 Å². The molecule has 0 bridgehead atoms. The second-order valence-electron chi connectivity index (χ2n) is 7.01. The smallest absolute Gasteiger partial charge is 0.339 e. The fourth-order valence-corrected chi connectivity index (χ4v) is 3.96. The van der Waals surface area contributed by atoms with Crippen LogP contribution >= 0.6 is 0 Å². The first kappa shape index (κ1) is 22.1. The Kier molecular flexibility index (Phi) is 5.87. The first-order chi connectivity index (χ1) is 15.9. The highest BCUT2D eigenvalue weighted by atomic mass is 16.7. The van der Waals surface area contributed by atoms with E-state index in [1.54, 1.807) is 31.2 Å². The van der Waals surface area contributed by atoms with E-state index in [0.29, 0.717) is 44.9 Å². The molecular weight excluding hydrogens is 432 g/mol. The Bertz CT molecular complexity index is 1260. The van der Waals surface area contributed by atoms with Crippen LogP contribution in [-0.2, 0) is 4.74 Å². The predicted octanol–water partition coefficient (Wildman–Crippen LogP) is 4.14. The lowest BCUT2D eigenvalue weighted by Crippen LogP contribution is -2.14. The first-order valence-corrected chi connectivity index (χ1v) is 10.0. The molecule has 33 heavy (non-hydrogen) atoms. The van der Waals surface area contributed by atoms with Crippen LogP contribution in [0.5, 0.6) is 28.7 Å². The van der Waals surface area contributed by atoms with Gasteiger partial charge in [-0.3, -0.25) is 0 Å². The molecule has 0 fully saturated rings. The Morgan fingerprint density at radius 3 is 2.33 bits per heavy atom. The number of ether oxygens (including phenoxy) is 6. The minimum Gasteiger partial charge on any atom is -0.493 e. The van der Waals surface area contributed by atoms with E-state index >= 15 is 0 Å². The molecule has 0 spiro atoms. The molecule has 1 aliphatic rings. The summed E-state index contributed by atoms with van der Waals surface area (Å²) in [4.78, 5) is 25.3. The van der Waals surface area contributed by atoms with Crippen LogP contribution < -0.4 is 23.7 Å². The molecule has 0 atom stereocenters. The number of hydrogen-bond donors (Lipinski definition) is 1. The number of hydrogen-bond acceptors (Lipinski definition) is 8. The maximum absolute atomic E-state index is 13.1. The molecule has 0 radical (unpaired) electrons. The Hall–Kier alpha value is -4.14. The van der Waals surface area contributed by atoms with Gasteiger partial charge in [0.2, 0.25) is 12.5 Å².